The first-order chi connectivity index (χ1) is 14.6. The predicted molar refractivity (Wildman–Crippen MR) is 122 cm³/mol. The lowest BCUT2D eigenvalue weighted by Crippen LogP contribution is -2.46. The second-order valence-electron chi connectivity index (χ2n) is 8.47. The number of guanidine groups is 1. The van der Waals surface area contributed by atoms with E-state index in [4.69, 9.17) is 9.73 Å². The Morgan fingerprint density at radius 2 is 2.00 bits per heavy atom. The number of amides is 2. The topological polar surface area (TPSA) is 78.0 Å². The molecular formula is C23H37N5O2. The van der Waals surface area contributed by atoms with Gasteiger partial charge >= 0.3 is 6.03 Å². The zero-order valence-corrected chi connectivity index (χ0v) is 18.5. The number of nitrogens with one attached hydrogen (secondary N) is 3. The van der Waals surface area contributed by atoms with Crippen LogP contribution in [0.1, 0.15) is 51.0 Å². The maximum absolute atomic E-state index is 12.3. The molecular weight excluding hydrogens is 378 g/mol. The number of methoxy groups -OCH3 is 1. The summed E-state index contributed by atoms with van der Waals surface area (Å²) < 4.78 is 5.30. The highest BCUT2D eigenvalue weighted by molar-refractivity contribution is 5.89. The fourth-order valence-corrected chi connectivity index (χ4v) is 4.16. The molecule has 7 heteroatoms. The smallest absolute Gasteiger partial charge is 0.321 e. The number of carbonyl (C=O) groups excluding carboxylic acids is 1. The molecule has 1 heterocycles. The Labute approximate surface area is 180 Å². The summed E-state index contributed by atoms with van der Waals surface area (Å²) in [5.41, 5.74) is 2.24. The van der Waals surface area contributed by atoms with Crippen LogP contribution in [0, 0.1) is 5.41 Å². The van der Waals surface area contributed by atoms with Crippen molar-refractivity contribution in [1.29, 1.82) is 0 Å². The predicted octanol–water partition coefficient (Wildman–Crippen LogP) is 3.58. The van der Waals surface area contributed by atoms with E-state index in [1.54, 1.807) is 7.11 Å². The van der Waals surface area contributed by atoms with Crippen LogP contribution in [0.4, 0.5) is 10.5 Å². The van der Waals surface area contributed by atoms with Gasteiger partial charge in [0.1, 0.15) is 0 Å². The van der Waals surface area contributed by atoms with E-state index >= 15 is 0 Å². The van der Waals surface area contributed by atoms with Crippen molar-refractivity contribution in [2.45, 2.75) is 52.0 Å². The van der Waals surface area contributed by atoms with Crippen molar-refractivity contribution in [3.05, 3.63) is 29.8 Å². The van der Waals surface area contributed by atoms with E-state index in [1.807, 2.05) is 29.2 Å². The number of aliphatic imine (C=N–C) groups is 1. The molecule has 1 aliphatic heterocycles. The minimum Gasteiger partial charge on any atom is -0.385 e. The van der Waals surface area contributed by atoms with Crippen LogP contribution in [0.5, 0.6) is 0 Å². The molecule has 166 valence electrons. The van der Waals surface area contributed by atoms with Gasteiger partial charge in [-0.05, 0) is 62.1 Å². The number of likely N-dealkylation sites (tertiary alicyclic amines) is 1. The SMILES string of the molecule is CCNC(=NCc1cccc(NC(=O)N2CCCC2)c1)NCC1(CCOC)CCC1. The van der Waals surface area contributed by atoms with Crippen LogP contribution >= 0.6 is 0 Å². The van der Waals surface area contributed by atoms with Gasteiger partial charge in [-0.2, -0.15) is 0 Å². The first kappa shape index (κ1) is 22.4. The second kappa shape index (κ2) is 11.2. The summed E-state index contributed by atoms with van der Waals surface area (Å²) in [4.78, 5) is 19.0. The lowest BCUT2D eigenvalue weighted by molar-refractivity contribution is 0.0732. The van der Waals surface area contributed by atoms with E-state index in [9.17, 15) is 4.79 Å². The third kappa shape index (κ3) is 6.36. The van der Waals surface area contributed by atoms with E-state index in [0.717, 1.165) is 69.3 Å². The molecule has 1 saturated carbocycles. The maximum Gasteiger partial charge on any atom is 0.321 e. The molecule has 0 radical (unpaired) electrons. The minimum absolute atomic E-state index is 0.00925. The van der Waals surface area contributed by atoms with Crippen molar-refractivity contribution >= 4 is 17.7 Å². The Morgan fingerprint density at radius 3 is 2.67 bits per heavy atom. The summed E-state index contributed by atoms with van der Waals surface area (Å²) in [6.45, 7) is 6.89. The third-order valence-electron chi connectivity index (χ3n) is 6.22. The Balaban J connectivity index is 1.55. The summed E-state index contributed by atoms with van der Waals surface area (Å²) in [5, 5.41) is 9.89. The van der Waals surface area contributed by atoms with E-state index in [-0.39, 0.29) is 6.03 Å². The number of hydrogen-bond donors (Lipinski definition) is 3. The Morgan fingerprint density at radius 1 is 1.20 bits per heavy atom. The van der Waals surface area contributed by atoms with Gasteiger partial charge in [0.2, 0.25) is 0 Å². The summed E-state index contributed by atoms with van der Waals surface area (Å²) in [7, 11) is 1.77. The van der Waals surface area contributed by atoms with E-state index < -0.39 is 0 Å². The number of hydrogen-bond acceptors (Lipinski definition) is 3. The monoisotopic (exact) mass is 415 g/mol. The van der Waals surface area contributed by atoms with Crippen LogP contribution in [-0.2, 0) is 11.3 Å². The van der Waals surface area contributed by atoms with Crippen molar-refractivity contribution < 1.29 is 9.53 Å². The molecule has 3 N–H and O–H groups in total. The third-order valence-corrected chi connectivity index (χ3v) is 6.22. The average Bonchev–Trinajstić information content (AvgIpc) is 3.26. The molecule has 0 unspecified atom stereocenters. The molecule has 0 bridgehead atoms. The molecule has 2 aliphatic rings. The van der Waals surface area contributed by atoms with Crippen LogP contribution in [0.2, 0.25) is 0 Å². The van der Waals surface area contributed by atoms with Crippen LogP contribution in [0.25, 0.3) is 0 Å². The molecule has 1 aliphatic carbocycles. The van der Waals surface area contributed by atoms with Crippen molar-refractivity contribution in [1.82, 2.24) is 15.5 Å². The Hall–Kier alpha value is -2.28. The van der Waals surface area contributed by atoms with E-state index in [2.05, 4.69) is 22.9 Å². The first-order valence-corrected chi connectivity index (χ1v) is 11.3. The van der Waals surface area contributed by atoms with Crippen molar-refractivity contribution in [2.75, 3.05) is 45.2 Å². The lowest BCUT2D eigenvalue weighted by Gasteiger charge is -2.42. The normalized spacial score (nSPS) is 18.1. The molecule has 0 atom stereocenters. The molecule has 1 aromatic rings. The molecule has 30 heavy (non-hydrogen) atoms. The highest BCUT2D eigenvalue weighted by atomic mass is 16.5. The number of carbonyl (C=O) groups is 1. The van der Waals surface area contributed by atoms with Crippen LogP contribution in [0.3, 0.4) is 0 Å². The number of ether oxygens (including phenoxy) is 1. The summed E-state index contributed by atoms with van der Waals surface area (Å²) in [6.07, 6.45) is 7.08. The molecule has 3 rings (SSSR count). The molecule has 2 amide bonds. The summed E-state index contributed by atoms with van der Waals surface area (Å²) >= 11 is 0. The minimum atomic E-state index is -0.00925. The molecule has 1 saturated heterocycles. The van der Waals surface area contributed by atoms with Crippen molar-refractivity contribution in [3.63, 3.8) is 0 Å². The molecule has 0 aromatic heterocycles. The van der Waals surface area contributed by atoms with Crippen molar-refractivity contribution in [2.24, 2.45) is 10.4 Å². The quantitative estimate of drug-likeness (QED) is 0.426. The number of anilines is 1. The highest BCUT2D eigenvalue weighted by Gasteiger charge is 2.36. The maximum atomic E-state index is 12.3. The average molecular weight is 416 g/mol. The zero-order chi connectivity index (χ0) is 21.2. The number of rotatable bonds is 9. The van der Waals surface area contributed by atoms with Gasteiger partial charge in [-0.15, -0.1) is 0 Å². The van der Waals surface area contributed by atoms with Crippen LogP contribution in [-0.4, -0.2) is 56.8 Å². The number of benzene rings is 1. The van der Waals surface area contributed by atoms with Gasteiger partial charge in [-0.1, -0.05) is 18.6 Å². The van der Waals surface area contributed by atoms with Gasteiger partial charge in [0.05, 0.1) is 6.54 Å². The molecule has 1 aromatic carbocycles. The van der Waals surface area contributed by atoms with Gasteiger partial charge in [0, 0.05) is 45.6 Å². The first-order valence-electron chi connectivity index (χ1n) is 11.3. The standard InChI is InChI=1S/C23H37N5O2/c1-3-24-21(26-18-23(10-7-11-23)12-15-30-2)25-17-19-8-6-9-20(16-19)27-22(29)28-13-4-5-14-28/h6,8-9,16H,3-5,7,10-15,17-18H2,1-2H3,(H,27,29)(H2,24,25,26). The van der Waals surface area contributed by atoms with Crippen LogP contribution in [0.15, 0.2) is 29.3 Å². The van der Waals surface area contributed by atoms with E-state index in [0.29, 0.717) is 12.0 Å². The second-order valence-corrected chi connectivity index (χ2v) is 8.47. The highest BCUT2D eigenvalue weighted by Crippen LogP contribution is 2.43. The van der Waals surface area contributed by atoms with E-state index in [1.165, 1.54) is 19.3 Å². The van der Waals surface area contributed by atoms with Gasteiger partial charge in [-0.25, -0.2) is 9.79 Å². The van der Waals surface area contributed by atoms with Gasteiger partial charge in [0.15, 0.2) is 5.96 Å². The Bertz CT molecular complexity index is 711. The number of urea groups is 1. The molecule has 7 nitrogen and oxygen atoms in total. The van der Waals surface area contributed by atoms with Gasteiger partial charge < -0.3 is 25.6 Å². The summed E-state index contributed by atoms with van der Waals surface area (Å²) in [6, 6.07) is 7.95. The van der Waals surface area contributed by atoms with Gasteiger partial charge in [-0.3, -0.25) is 0 Å². The molecule has 0 spiro atoms. The zero-order valence-electron chi connectivity index (χ0n) is 18.5. The fraction of sp³-hybridized carbons (Fsp3) is 0.652. The van der Waals surface area contributed by atoms with Gasteiger partial charge in [0.25, 0.3) is 0 Å². The molecule has 2 fully saturated rings. The largest absolute Gasteiger partial charge is 0.385 e. The fourth-order valence-electron chi connectivity index (χ4n) is 4.16. The summed E-state index contributed by atoms with van der Waals surface area (Å²) in [5.74, 6) is 0.840. The number of nitrogens with zero attached hydrogens (tertiary/aromatic N) is 2. The lowest BCUT2D eigenvalue weighted by atomic mass is 9.67. The van der Waals surface area contributed by atoms with Crippen LogP contribution < -0.4 is 16.0 Å². The van der Waals surface area contributed by atoms with Crippen molar-refractivity contribution in [3.8, 4) is 0 Å². The Kier molecular flexibility index (Phi) is 8.37.